The van der Waals surface area contributed by atoms with Crippen LogP contribution < -0.4 is 0 Å². The fourth-order valence-corrected chi connectivity index (χ4v) is 8.51. The van der Waals surface area contributed by atoms with Gasteiger partial charge in [0.25, 0.3) is 0 Å². The van der Waals surface area contributed by atoms with Gasteiger partial charge in [0.05, 0.1) is 0 Å². The summed E-state index contributed by atoms with van der Waals surface area (Å²) in [6, 6.07) is 0. The van der Waals surface area contributed by atoms with Gasteiger partial charge in [0, 0.05) is 0 Å². The minimum absolute atomic E-state index is 0.609. The van der Waals surface area contributed by atoms with E-state index in [2.05, 4.69) is 111 Å². The Kier molecular flexibility index (Phi) is 14.9. The van der Waals surface area contributed by atoms with Gasteiger partial charge in [-0.2, -0.15) is 0 Å². The van der Waals surface area contributed by atoms with Crippen LogP contribution in [0.2, 0.25) is 0 Å². The fourth-order valence-electron chi connectivity index (χ4n) is 8.51. The van der Waals surface area contributed by atoms with Crippen LogP contribution in [0.5, 0.6) is 0 Å². The highest BCUT2D eigenvalue weighted by atomic mass is 14.4. The van der Waals surface area contributed by atoms with Gasteiger partial charge in [0.2, 0.25) is 0 Å². The molecule has 4 fully saturated rings. The Morgan fingerprint density at radius 3 is 0.525 bits per heavy atom. The molecule has 4 aliphatic carbocycles. The van der Waals surface area contributed by atoms with Gasteiger partial charge in [-0.1, -0.05) is 136 Å². The summed E-state index contributed by atoms with van der Waals surface area (Å²) in [4.78, 5) is 0. The molecular weight excluding hydrogens is 480 g/mol. The maximum Gasteiger partial charge on any atom is -0.0326 e. The highest BCUT2D eigenvalue weighted by Crippen LogP contribution is 2.45. The number of hydrogen-bond donors (Lipinski definition) is 0. The van der Waals surface area contributed by atoms with E-state index in [1.165, 1.54) is 77.0 Å². The summed E-state index contributed by atoms with van der Waals surface area (Å²) in [5.41, 5.74) is 2.44. The molecule has 4 saturated carbocycles. The van der Waals surface area contributed by atoms with Gasteiger partial charge in [-0.3, -0.25) is 0 Å². The van der Waals surface area contributed by atoms with Gasteiger partial charge < -0.3 is 0 Å². The van der Waals surface area contributed by atoms with Gasteiger partial charge in [-0.05, 0) is 120 Å². The summed E-state index contributed by atoms with van der Waals surface area (Å²) in [7, 11) is 0. The Balaban J connectivity index is 0.000000267. The molecule has 0 aliphatic heterocycles. The molecule has 0 heterocycles. The molecule has 8 atom stereocenters. The molecule has 40 heavy (non-hydrogen) atoms. The van der Waals surface area contributed by atoms with Crippen molar-refractivity contribution < 1.29 is 0 Å². The monoisotopic (exact) mass is 561 g/mol. The second-order valence-electron chi connectivity index (χ2n) is 19.1. The Bertz CT molecular complexity index is 573. The van der Waals surface area contributed by atoms with Crippen LogP contribution in [-0.4, -0.2) is 0 Å². The average molecular weight is 561 g/mol. The summed E-state index contributed by atoms with van der Waals surface area (Å²) in [5, 5.41) is 0. The first-order valence-electron chi connectivity index (χ1n) is 18.1. The van der Waals surface area contributed by atoms with E-state index in [1.807, 2.05) is 0 Å². The summed E-state index contributed by atoms with van der Waals surface area (Å²) in [6.45, 7) is 38.4. The van der Waals surface area contributed by atoms with Crippen LogP contribution in [0.4, 0.5) is 0 Å². The quantitative estimate of drug-likeness (QED) is 0.276. The highest BCUT2D eigenvalue weighted by Gasteiger charge is 2.34. The molecule has 0 spiro atoms. The second kappa shape index (κ2) is 15.6. The topological polar surface area (TPSA) is 0 Å². The van der Waals surface area contributed by atoms with Crippen molar-refractivity contribution in [2.75, 3.05) is 0 Å². The Labute approximate surface area is 256 Å². The number of hydrogen-bond acceptors (Lipinski definition) is 0. The molecule has 0 aromatic rings. The summed E-state index contributed by atoms with van der Waals surface area (Å²) in [5.74, 6) is 7.59. The molecule has 0 nitrogen and oxygen atoms in total. The highest BCUT2D eigenvalue weighted by molar-refractivity contribution is 4.85. The van der Waals surface area contributed by atoms with Crippen molar-refractivity contribution in [1.29, 1.82) is 0 Å². The molecule has 0 aromatic carbocycles. The first kappa shape index (κ1) is 38.0. The van der Waals surface area contributed by atoms with Crippen molar-refractivity contribution in [2.45, 2.75) is 188 Å². The SMILES string of the molecule is C[C@@H]1CC[C@@H](C)C(C)(C)C1.C[C@@H]1CC[C@H](C)C(C)(C)C1.C[C@H]1CC[C@@H](C)C(C)(C)C1.C[C@H]1CC[C@H](C)C(C)(C)C1. The van der Waals surface area contributed by atoms with Gasteiger partial charge >= 0.3 is 0 Å². The Hall–Kier alpha value is 0. The van der Waals surface area contributed by atoms with E-state index in [4.69, 9.17) is 0 Å². The minimum Gasteiger partial charge on any atom is -0.0625 e. The van der Waals surface area contributed by atoms with Crippen LogP contribution in [0.25, 0.3) is 0 Å². The zero-order valence-electron chi connectivity index (χ0n) is 31.1. The largest absolute Gasteiger partial charge is 0.0625 e. The van der Waals surface area contributed by atoms with Crippen LogP contribution in [0.15, 0.2) is 0 Å². The maximum atomic E-state index is 2.41. The molecule has 0 amide bonds. The zero-order valence-corrected chi connectivity index (χ0v) is 31.1. The third-order valence-electron chi connectivity index (χ3n) is 13.2. The Morgan fingerprint density at radius 2 is 0.425 bits per heavy atom. The van der Waals surface area contributed by atoms with E-state index in [9.17, 15) is 0 Å². The van der Waals surface area contributed by atoms with Gasteiger partial charge in [0.1, 0.15) is 0 Å². The van der Waals surface area contributed by atoms with Gasteiger partial charge in [0.15, 0.2) is 0 Å². The molecule has 0 heteroatoms. The van der Waals surface area contributed by atoms with Crippen molar-refractivity contribution >= 4 is 0 Å². The predicted octanol–water partition coefficient (Wildman–Crippen LogP) is 13.9. The van der Waals surface area contributed by atoms with Crippen LogP contribution in [0.3, 0.4) is 0 Å². The molecule has 0 unspecified atom stereocenters. The van der Waals surface area contributed by atoms with Crippen LogP contribution in [0, 0.1) is 69.0 Å². The smallest absolute Gasteiger partial charge is 0.0326 e. The first-order valence-corrected chi connectivity index (χ1v) is 18.1. The second-order valence-corrected chi connectivity index (χ2v) is 19.1. The maximum absolute atomic E-state index is 2.41. The molecule has 0 saturated heterocycles. The fraction of sp³-hybridized carbons (Fsp3) is 1.00. The van der Waals surface area contributed by atoms with Gasteiger partial charge in [-0.25, -0.2) is 0 Å². The van der Waals surface area contributed by atoms with E-state index in [0.717, 1.165) is 47.3 Å². The van der Waals surface area contributed by atoms with E-state index >= 15 is 0 Å². The lowest BCUT2D eigenvalue weighted by Crippen LogP contribution is -2.29. The lowest BCUT2D eigenvalue weighted by molar-refractivity contribution is 0.115. The van der Waals surface area contributed by atoms with Crippen molar-refractivity contribution in [2.24, 2.45) is 69.0 Å². The number of rotatable bonds is 0. The van der Waals surface area contributed by atoms with E-state index < -0.39 is 0 Å². The molecule has 0 bridgehead atoms. The normalized spacial score (nSPS) is 39.6. The molecule has 0 radical (unpaired) electrons. The molecule has 240 valence electrons. The van der Waals surface area contributed by atoms with Crippen LogP contribution >= 0.6 is 0 Å². The van der Waals surface area contributed by atoms with Crippen molar-refractivity contribution in [3.05, 3.63) is 0 Å². The van der Waals surface area contributed by atoms with Crippen molar-refractivity contribution in [3.8, 4) is 0 Å². The lowest BCUT2D eigenvalue weighted by atomic mass is 9.66. The summed E-state index contributed by atoms with van der Waals surface area (Å²) >= 11 is 0. The first-order chi connectivity index (χ1) is 18.1. The zero-order chi connectivity index (χ0) is 31.1. The van der Waals surface area contributed by atoms with Crippen LogP contribution in [0.1, 0.15) is 188 Å². The molecular formula is C40H80. The van der Waals surface area contributed by atoms with Crippen molar-refractivity contribution in [1.82, 2.24) is 0 Å². The summed E-state index contributed by atoms with van der Waals surface area (Å²) < 4.78 is 0. The molecule has 0 N–H and O–H groups in total. The Morgan fingerprint density at radius 1 is 0.275 bits per heavy atom. The van der Waals surface area contributed by atoms with Crippen LogP contribution in [-0.2, 0) is 0 Å². The average Bonchev–Trinajstić information content (AvgIpc) is 2.79. The van der Waals surface area contributed by atoms with E-state index in [1.54, 1.807) is 0 Å². The molecule has 4 aliphatic rings. The third-order valence-corrected chi connectivity index (χ3v) is 13.2. The summed E-state index contributed by atoms with van der Waals surface area (Å²) in [6.07, 6.45) is 17.2. The van der Waals surface area contributed by atoms with E-state index in [-0.39, 0.29) is 0 Å². The minimum atomic E-state index is 0.609. The molecule has 0 aromatic heterocycles. The van der Waals surface area contributed by atoms with E-state index in [0.29, 0.717) is 21.7 Å². The lowest BCUT2D eigenvalue weighted by Gasteiger charge is -2.39. The third kappa shape index (κ3) is 12.7. The molecule has 4 rings (SSSR count). The van der Waals surface area contributed by atoms with Crippen molar-refractivity contribution in [3.63, 3.8) is 0 Å². The standard InChI is InChI=1S/4C10H20/c4*1-8-5-6-9(2)10(3,4)7-8/h4*8-9H,5-7H2,1-4H3/t2*8-,9+;2*8-,9-/m1010/s1. The predicted molar refractivity (Wildman–Crippen MR) is 184 cm³/mol. The van der Waals surface area contributed by atoms with Gasteiger partial charge in [-0.15, -0.1) is 0 Å².